The molecule has 1 amide bonds. The molecule has 8 nitrogen and oxygen atoms in total. The Morgan fingerprint density at radius 1 is 1.21 bits per heavy atom. The molecule has 0 saturated carbocycles. The number of carbonyl (C=O) groups is 1. The van der Waals surface area contributed by atoms with Gasteiger partial charge in [0.2, 0.25) is 5.82 Å². The Hall–Kier alpha value is -3.00. The summed E-state index contributed by atoms with van der Waals surface area (Å²) in [5, 5.41) is 6.24. The second-order valence-corrected chi connectivity index (χ2v) is 7.55. The lowest BCUT2D eigenvalue weighted by molar-refractivity contribution is 0.0952. The van der Waals surface area contributed by atoms with Crippen LogP contribution in [0.2, 0.25) is 0 Å². The molecule has 0 bridgehead atoms. The van der Waals surface area contributed by atoms with Crippen molar-refractivity contribution in [2.24, 2.45) is 7.05 Å². The van der Waals surface area contributed by atoms with Crippen molar-refractivity contribution in [3.05, 3.63) is 47.2 Å². The summed E-state index contributed by atoms with van der Waals surface area (Å²) < 4.78 is 2.14. The summed E-state index contributed by atoms with van der Waals surface area (Å²) in [5.74, 6) is 1.84. The number of nitrogens with one attached hydrogen (secondary N) is 2. The Bertz CT molecular complexity index is 1060. The van der Waals surface area contributed by atoms with Gasteiger partial charge in [-0.05, 0) is 32.4 Å². The van der Waals surface area contributed by atoms with E-state index >= 15 is 0 Å². The number of rotatable bonds is 5. The zero-order valence-corrected chi connectivity index (χ0v) is 17.4. The molecule has 3 heterocycles. The average Bonchev–Trinajstić information content (AvgIpc) is 3.32. The van der Waals surface area contributed by atoms with E-state index in [0.717, 1.165) is 60.0 Å². The molecule has 0 radical (unpaired) electrons. The van der Waals surface area contributed by atoms with Crippen molar-refractivity contribution in [2.45, 2.75) is 32.9 Å². The molecule has 2 aromatic heterocycles. The maximum Gasteiger partial charge on any atom is 0.288 e. The lowest BCUT2D eigenvalue weighted by atomic mass is 10.2. The lowest BCUT2D eigenvalue weighted by Crippen LogP contribution is -2.33. The number of carbonyl (C=O) groups excluding carboxylic acids is 1. The minimum Gasteiger partial charge on any atom is -0.355 e. The largest absolute Gasteiger partial charge is 0.355 e. The van der Waals surface area contributed by atoms with Crippen LogP contribution in [0.4, 0.5) is 5.82 Å². The number of fused-ring (bicyclic) bond motifs is 1. The van der Waals surface area contributed by atoms with Gasteiger partial charge in [0, 0.05) is 44.5 Å². The lowest BCUT2D eigenvalue weighted by Gasteiger charge is -2.21. The molecule has 1 fully saturated rings. The van der Waals surface area contributed by atoms with Gasteiger partial charge >= 0.3 is 0 Å². The minimum atomic E-state index is -0.259. The molecule has 8 heteroatoms. The van der Waals surface area contributed by atoms with Crippen LogP contribution >= 0.6 is 0 Å². The van der Waals surface area contributed by atoms with Crippen LogP contribution in [0.25, 0.3) is 11.0 Å². The third kappa shape index (κ3) is 3.67. The van der Waals surface area contributed by atoms with E-state index in [1.54, 1.807) is 7.05 Å². The van der Waals surface area contributed by atoms with Crippen LogP contribution in [0.5, 0.6) is 0 Å². The second-order valence-electron chi connectivity index (χ2n) is 7.55. The maximum absolute atomic E-state index is 12.0. The number of imidazole rings is 1. The summed E-state index contributed by atoms with van der Waals surface area (Å²) >= 11 is 0. The van der Waals surface area contributed by atoms with E-state index < -0.39 is 0 Å². The normalized spacial score (nSPS) is 16.6. The third-order valence-electron chi connectivity index (χ3n) is 5.71. The smallest absolute Gasteiger partial charge is 0.288 e. The summed E-state index contributed by atoms with van der Waals surface area (Å²) in [6.45, 7) is 6.39. The number of aryl methyl sites for hydroxylation is 2. The maximum atomic E-state index is 12.0. The monoisotopic (exact) mass is 393 g/mol. The molecule has 1 saturated heterocycles. The quantitative estimate of drug-likeness (QED) is 0.686. The van der Waals surface area contributed by atoms with Gasteiger partial charge in [-0.1, -0.05) is 12.1 Å². The Balaban J connectivity index is 1.46. The highest BCUT2D eigenvalue weighted by Gasteiger charge is 2.26. The first kappa shape index (κ1) is 19.3. The van der Waals surface area contributed by atoms with Crippen LogP contribution in [-0.2, 0) is 13.6 Å². The number of para-hydroxylation sites is 2. The van der Waals surface area contributed by atoms with Crippen LogP contribution in [0.1, 0.15) is 34.1 Å². The summed E-state index contributed by atoms with van der Waals surface area (Å²) in [7, 11) is 3.65. The van der Waals surface area contributed by atoms with Gasteiger partial charge in [-0.15, -0.1) is 0 Å². The molecule has 0 unspecified atom stereocenters. The number of hydrogen-bond donors (Lipinski definition) is 2. The van der Waals surface area contributed by atoms with Crippen molar-refractivity contribution in [3.63, 3.8) is 0 Å². The van der Waals surface area contributed by atoms with E-state index in [1.165, 1.54) is 0 Å². The van der Waals surface area contributed by atoms with Crippen molar-refractivity contribution < 1.29 is 4.79 Å². The summed E-state index contributed by atoms with van der Waals surface area (Å²) in [5.41, 5.74) is 4.03. The molecular formula is C21H27N7O. The molecule has 1 atom stereocenters. The van der Waals surface area contributed by atoms with E-state index in [9.17, 15) is 4.79 Å². The van der Waals surface area contributed by atoms with E-state index in [-0.39, 0.29) is 11.7 Å². The fraction of sp³-hybridized carbons (Fsp3) is 0.429. The molecule has 3 aromatic rings. The van der Waals surface area contributed by atoms with Crippen LogP contribution in [0.15, 0.2) is 24.3 Å². The fourth-order valence-corrected chi connectivity index (χ4v) is 3.84. The van der Waals surface area contributed by atoms with Crippen LogP contribution in [0, 0.1) is 13.8 Å². The SMILES string of the molecule is CNC(=O)c1nc(C)c(C)c(N2CC[C@@H](NCc3nc4ccccc4n3C)C2)n1. The standard InChI is InChI=1S/C21H27N7O/c1-13-14(2)24-19(21(29)22-3)26-20(13)28-10-9-15(12-28)23-11-18-25-16-7-5-6-8-17(16)27(18)4/h5-8,15,23H,9-12H2,1-4H3,(H,22,29)/t15-/m1/s1. The first-order valence-electron chi connectivity index (χ1n) is 9.94. The Labute approximate surface area is 170 Å². The number of hydrogen-bond acceptors (Lipinski definition) is 6. The van der Waals surface area contributed by atoms with Gasteiger partial charge in [-0.2, -0.15) is 0 Å². The number of aromatic nitrogens is 4. The number of nitrogens with zero attached hydrogens (tertiary/aromatic N) is 5. The van der Waals surface area contributed by atoms with Gasteiger partial charge in [0.1, 0.15) is 11.6 Å². The molecular weight excluding hydrogens is 366 g/mol. The highest BCUT2D eigenvalue weighted by atomic mass is 16.2. The van der Waals surface area contributed by atoms with Crippen LogP contribution < -0.4 is 15.5 Å². The molecule has 0 spiro atoms. The van der Waals surface area contributed by atoms with Crippen molar-refractivity contribution in [2.75, 3.05) is 25.0 Å². The van der Waals surface area contributed by atoms with Gasteiger partial charge in [-0.3, -0.25) is 4.79 Å². The van der Waals surface area contributed by atoms with Gasteiger partial charge in [0.15, 0.2) is 0 Å². The minimum absolute atomic E-state index is 0.224. The molecule has 2 N–H and O–H groups in total. The van der Waals surface area contributed by atoms with Crippen LogP contribution in [-0.4, -0.2) is 51.6 Å². The number of amides is 1. The predicted molar refractivity (Wildman–Crippen MR) is 113 cm³/mol. The van der Waals surface area contributed by atoms with Crippen molar-refractivity contribution in [1.82, 2.24) is 30.2 Å². The van der Waals surface area contributed by atoms with E-state index in [0.29, 0.717) is 6.04 Å². The number of benzene rings is 1. The molecule has 4 rings (SSSR count). The molecule has 29 heavy (non-hydrogen) atoms. The summed E-state index contributed by atoms with van der Waals surface area (Å²) in [6.07, 6.45) is 1.02. The summed E-state index contributed by atoms with van der Waals surface area (Å²) in [6, 6.07) is 8.52. The summed E-state index contributed by atoms with van der Waals surface area (Å²) in [4.78, 5) is 27.8. The third-order valence-corrected chi connectivity index (χ3v) is 5.71. The molecule has 1 aromatic carbocycles. The van der Waals surface area contributed by atoms with Gasteiger partial charge in [-0.25, -0.2) is 15.0 Å². The van der Waals surface area contributed by atoms with E-state index in [4.69, 9.17) is 4.98 Å². The highest BCUT2D eigenvalue weighted by molar-refractivity contribution is 5.90. The van der Waals surface area contributed by atoms with Crippen molar-refractivity contribution >= 4 is 22.8 Å². The molecule has 0 aliphatic carbocycles. The van der Waals surface area contributed by atoms with Crippen LogP contribution in [0.3, 0.4) is 0 Å². The molecule has 1 aliphatic heterocycles. The van der Waals surface area contributed by atoms with Gasteiger partial charge in [0.05, 0.1) is 17.6 Å². The van der Waals surface area contributed by atoms with E-state index in [1.807, 2.05) is 32.0 Å². The molecule has 152 valence electrons. The topological polar surface area (TPSA) is 88.0 Å². The Kier molecular flexibility index (Phi) is 5.19. The molecule has 1 aliphatic rings. The average molecular weight is 393 g/mol. The Morgan fingerprint density at radius 2 is 2.00 bits per heavy atom. The second kappa shape index (κ2) is 7.79. The fourth-order valence-electron chi connectivity index (χ4n) is 3.84. The van der Waals surface area contributed by atoms with Crippen molar-refractivity contribution in [3.8, 4) is 0 Å². The first-order valence-corrected chi connectivity index (χ1v) is 9.94. The highest BCUT2D eigenvalue weighted by Crippen LogP contribution is 2.24. The van der Waals surface area contributed by atoms with E-state index in [2.05, 4.69) is 43.2 Å². The number of anilines is 1. The zero-order chi connectivity index (χ0) is 20.5. The zero-order valence-electron chi connectivity index (χ0n) is 17.4. The predicted octanol–water partition coefficient (Wildman–Crippen LogP) is 1.71. The van der Waals surface area contributed by atoms with Crippen molar-refractivity contribution in [1.29, 1.82) is 0 Å². The van der Waals surface area contributed by atoms with Gasteiger partial charge < -0.3 is 20.1 Å². The first-order chi connectivity index (χ1) is 14.0. The van der Waals surface area contributed by atoms with Gasteiger partial charge in [0.25, 0.3) is 5.91 Å². The Morgan fingerprint density at radius 3 is 2.76 bits per heavy atom.